The van der Waals surface area contributed by atoms with Crippen LogP contribution in [0, 0.1) is 0 Å². The van der Waals surface area contributed by atoms with E-state index in [0.29, 0.717) is 56.5 Å². The second-order valence-electron chi connectivity index (χ2n) is 7.85. The highest BCUT2D eigenvalue weighted by molar-refractivity contribution is 5.97. The third kappa shape index (κ3) is 5.28. The Kier molecular flexibility index (Phi) is 7.27. The van der Waals surface area contributed by atoms with Crippen molar-refractivity contribution in [1.29, 1.82) is 0 Å². The van der Waals surface area contributed by atoms with Gasteiger partial charge < -0.3 is 24.4 Å². The molecule has 0 atom stereocenters. The molecular weight excluding hydrogens is 434 g/mol. The Bertz CT molecular complexity index is 1140. The van der Waals surface area contributed by atoms with Crippen LogP contribution in [0.2, 0.25) is 0 Å². The number of aromatic hydroxyl groups is 1. The van der Waals surface area contributed by atoms with Crippen molar-refractivity contribution in [2.45, 2.75) is 13.5 Å². The number of para-hydroxylation sites is 1. The molecule has 2 heterocycles. The molecule has 4 rings (SSSR count). The first-order valence-electron chi connectivity index (χ1n) is 11.2. The highest BCUT2D eigenvalue weighted by atomic mass is 16.5. The molecule has 0 spiro atoms. The van der Waals surface area contributed by atoms with Gasteiger partial charge in [-0.05, 0) is 43.3 Å². The number of phenolic OH excluding ortho intramolecular Hbond substituents is 1. The monoisotopic (exact) mass is 461 g/mol. The molecule has 1 N–H and O–H groups in total. The fourth-order valence-corrected chi connectivity index (χ4v) is 3.79. The summed E-state index contributed by atoms with van der Waals surface area (Å²) in [5.74, 6) is 0.652. The van der Waals surface area contributed by atoms with E-state index in [1.165, 1.54) is 6.07 Å². The van der Waals surface area contributed by atoms with Gasteiger partial charge in [-0.25, -0.2) is 0 Å². The molecule has 0 aliphatic carbocycles. The Labute approximate surface area is 198 Å². The molecule has 1 aliphatic heterocycles. The molecule has 8 nitrogen and oxygen atoms in total. The summed E-state index contributed by atoms with van der Waals surface area (Å²) in [5, 5.41) is 9.96. The van der Waals surface area contributed by atoms with Gasteiger partial charge in [0.25, 0.3) is 11.8 Å². The van der Waals surface area contributed by atoms with Gasteiger partial charge in [0, 0.05) is 49.7 Å². The number of pyridine rings is 1. The highest BCUT2D eigenvalue weighted by Gasteiger charge is 2.27. The molecule has 2 amide bonds. The number of phenols is 1. The normalized spacial score (nSPS) is 13.4. The number of nitrogens with zero attached hydrogens (tertiary/aromatic N) is 3. The van der Waals surface area contributed by atoms with Crippen molar-refractivity contribution in [1.82, 2.24) is 14.8 Å². The Morgan fingerprint density at radius 1 is 0.912 bits per heavy atom. The van der Waals surface area contributed by atoms with Crippen LogP contribution >= 0.6 is 0 Å². The summed E-state index contributed by atoms with van der Waals surface area (Å²) < 4.78 is 11.6. The number of aromatic nitrogens is 1. The summed E-state index contributed by atoms with van der Waals surface area (Å²) in [6.45, 7) is 4.25. The van der Waals surface area contributed by atoms with Crippen LogP contribution in [0.25, 0.3) is 0 Å². The fraction of sp³-hybridized carbons (Fsp3) is 0.269. The van der Waals surface area contributed by atoms with Gasteiger partial charge in [-0.1, -0.05) is 18.2 Å². The fourth-order valence-electron chi connectivity index (χ4n) is 3.79. The van der Waals surface area contributed by atoms with E-state index in [-0.39, 0.29) is 23.1 Å². The van der Waals surface area contributed by atoms with Crippen molar-refractivity contribution in [3.05, 3.63) is 83.7 Å². The molecule has 34 heavy (non-hydrogen) atoms. The van der Waals surface area contributed by atoms with Crippen molar-refractivity contribution < 1.29 is 24.2 Å². The summed E-state index contributed by atoms with van der Waals surface area (Å²) >= 11 is 0. The van der Waals surface area contributed by atoms with E-state index in [1.54, 1.807) is 58.6 Å². The first-order valence-corrected chi connectivity index (χ1v) is 11.2. The number of amides is 2. The minimum absolute atomic E-state index is 0.0414. The van der Waals surface area contributed by atoms with E-state index in [4.69, 9.17) is 9.47 Å². The number of carbonyl (C=O) groups excluding carboxylic acids is 2. The van der Waals surface area contributed by atoms with Gasteiger partial charge in [0.15, 0.2) is 11.5 Å². The molecule has 8 heteroatoms. The predicted octanol–water partition coefficient (Wildman–Crippen LogP) is 3.36. The SMILES string of the molecule is CCOc1cc(C(=O)N2CCN(C(=O)c3ccccc3O)CC2)ccc1OCc1cccnc1. The van der Waals surface area contributed by atoms with Crippen molar-refractivity contribution in [2.75, 3.05) is 32.8 Å². The van der Waals surface area contributed by atoms with Crippen LogP contribution in [0.15, 0.2) is 67.0 Å². The third-order valence-corrected chi connectivity index (χ3v) is 5.60. The van der Waals surface area contributed by atoms with Gasteiger partial charge in [0.2, 0.25) is 0 Å². The van der Waals surface area contributed by atoms with Crippen LogP contribution in [0.3, 0.4) is 0 Å². The van der Waals surface area contributed by atoms with Gasteiger partial charge in [-0.2, -0.15) is 0 Å². The lowest BCUT2D eigenvalue weighted by Gasteiger charge is -2.35. The molecule has 0 bridgehead atoms. The minimum Gasteiger partial charge on any atom is -0.507 e. The van der Waals surface area contributed by atoms with Gasteiger partial charge in [0.1, 0.15) is 12.4 Å². The van der Waals surface area contributed by atoms with Crippen LogP contribution in [0.1, 0.15) is 33.2 Å². The average molecular weight is 462 g/mol. The van der Waals surface area contributed by atoms with Crippen LogP contribution < -0.4 is 9.47 Å². The number of benzene rings is 2. The maximum absolute atomic E-state index is 13.1. The summed E-state index contributed by atoms with van der Waals surface area (Å²) in [5.41, 5.74) is 1.70. The maximum Gasteiger partial charge on any atom is 0.257 e. The van der Waals surface area contributed by atoms with E-state index in [0.717, 1.165) is 5.56 Å². The van der Waals surface area contributed by atoms with E-state index in [9.17, 15) is 14.7 Å². The Balaban J connectivity index is 1.40. The first kappa shape index (κ1) is 23.1. The number of hydrogen-bond donors (Lipinski definition) is 1. The van der Waals surface area contributed by atoms with Crippen molar-refractivity contribution in [3.8, 4) is 17.2 Å². The van der Waals surface area contributed by atoms with Crippen molar-refractivity contribution >= 4 is 11.8 Å². The molecule has 0 unspecified atom stereocenters. The smallest absolute Gasteiger partial charge is 0.257 e. The van der Waals surface area contributed by atoms with Gasteiger partial charge in [0.05, 0.1) is 12.2 Å². The van der Waals surface area contributed by atoms with Gasteiger partial charge >= 0.3 is 0 Å². The zero-order chi connectivity index (χ0) is 23.9. The van der Waals surface area contributed by atoms with Crippen LogP contribution in [0.5, 0.6) is 17.2 Å². The third-order valence-electron chi connectivity index (χ3n) is 5.60. The van der Waals surface area contributed by atoms with Crippen LogP contribution in [-0.4, -0.2) is 64.5 Å². The molecule has 2 aromatic carbocycles. The Morgan fingerprint density at radius 2 is 1.65 bits per heavy atom. The summed E-state index contributed by atoms with van der Waals surface area (Å²) in [6.07, 6.45) is 3.44. The highest BCUT2D eigenvalue weighted by Crippen LogP contribution is 2.30. The molecule has 0 saturated carbocycles. The van der Waals surface area contributed by atoms with Gasteiger partial charge in [-0.15, -0.1) is 0 Å². The lowest BCUT2D eigenvalue weighted by atomic mass is 10.1. The summed E-state index contributed by atoms with van der Waals surface area (Å²) in [6, 6.07) is 15.4. The molecular formula is C26H27N3O5. The summed E-state index contributed by atoms with van der Waals surface area (Å²) in [4.78, 5) is 33.3. The zero-order valence-corrected chi connectivity index (χ0v) is 19.0. The Hall–Kier alpha value is -4.07. The molecule has 0 radical (unpaired) electrons. The predicted molar refractivity (Wildman–Crippen MR) is 126 cm³/mol. The number of piperazine rings is 1. The Morgan fingerprint density at radius 3 is 2.32 bits per heavy atom. The summed E-state index contributed by atoms with van der Waals surface area (Å²) in [7, 11) is 0. The number of carbonyl (C=O) groups is 2. The van der Waals surface area contributed by atoms with E-state index in [1.807, 2.05) is 19.1 Å². The second kappa shape index (κ2) is 10.7. The van der Waals surface area contributed by atoms with Crippen molar-refractivity contribution in [2.24, 2.45) is 0 Å². The van der Waals surface area contributed by atoms with E-state index in [2.05, 4.69) is 4.98 Å². The number of rotatable bonds is 7. The largest absolute Gasteiger partial charge is 0.507 e. The molecule has 1 saturated heterocycles. The molecule has 1 aromatic heterocycles. The standard InChI is InChI=1S/C26H27N3O5/c1-2-33-24-16-20(9-10-23(24)34-18-19-6-5-11-27-17-19)25(31)28-12-14-29(15-13-28)26(32)21-7-3-4-8-22(21)30/h3-11,16-17,30H,2,12-15,18H2,1H3. The maximum atomic E-state index is 13.1. The zero-order valence-electron chi connectivity index (χ0n) is 19.0. The van der Waals surface area contributed by atoms with Crippen LogP contribution in [0.4, 0.5) is 0 Å². The second-order valence-corrected chi connectivity index (χ2v) is 7.85. The number of ether oxygens (including phenoxy) is 2. The lowest BCUT2D eigenvalue weighted by Crippen LogP contribution is -2.50. The number of hydrogen-bond acceptors (Lipinski definition) is 6. The molecule has 1 fully saturated rings. The molecule has 1 aliphatic rings. The minimum atomic E-state index is -0.237. The van der Waals surface area contributed by atoms with Crippen molar-refractivity contribution in [3.63, 3.8) is 0 Å². The van der Waals surface area contributed by atoms with Crippen LogP contribution in [-0.2, 0) is 6.61 Å². The van der Waals surface area contributed by atoms with Gasteiger partial charge in [-0.3, -0.25) is 14.6 Å². The molecule has 3 aromatic rings. The average Bonchev–Trinajstić information content (AvgIpc) is 2.88. The van der Waals surface area contributed by atoms with E-state index >= 15 is 0 Å². The quantitative estimate of drug-likeness (QED) is 0.580. The molecule has 176 valence electrons. The van der Waals surface area contributed by atoms with E-state index < -0.39 is 0 Å². The first-order chi connectivity index (χ1) is 16.6. The lowest BCUT2D eigenvalue weighted by molar-refractivity contribution is 0.0533. The topological polar surface area (TPSA) is 92.2 Å².